The quantitative estimate of drug-likeness (QED) is 0.698. The van der Waals surface area contributed by atoms with Crippen molar-refractivity contribution in [1.29, 1.82) is 0 Å². The molecule has 1 aliphatic carbocycles. The number of benzene rings is 2. The summed E-state index contributed by atoms with van der Waals surface area (Å²) in [6.07, 6.45) is -3.06. The van der Waals surface area contributed by atoms with Crippen LogP contribution in [0.4, 0.5) is 13.2 Å². The van der Waals surface area contributed by atoms with Crippen LogP contribution in [0.1, 0.15) is 24.0 Å². The zero-order valence-corrected chi connectivity index (χ0v) is 12.6. The molecule has 23 heavy (non-hydrogen) atoms. The molecule has 2 aromatic carbocycles. The molecule has 0 aliphatic heterocycles. The van der Waals surface area contributed by atoms with Gasteiger partial charge in [-0.3, -0.25) is 0 Å². The molecule has 1 saturated carbocycles. The molecule has 1 fully saturated rings. The van der Waals surface area contributed by atoms with Crippen LogP contribution in [0.2, 0.25) is 5.02 Å². The van der Waals surface area contributed by atoms with Gasteiger partial charge in [-0.15, -0.1) is 0 Å². The highest BCUT2D eigenvalue weighted by molar-refractivity contribution is 6.30. The molecule has 0 spiro atoms. The smallest absolute Gasteiger partial charge is 0.416 e. The third kappa shape index (κ3) is 3.20. The average Bonchev–Trinajstić information content (AvgIpc) is 3.30. The SMILES string of the molecule is O=CC1(c2ccc(Oc3ccc(Cl)cc3)cc2C(F)(F)F)CC1. The number of halogens is 4. The lowest BCUT2D eigenvalue weighted by molar-refractivity contribution is -0.138. The number of carbonyl (C=O) groups is 1. The maximum Gasteiger partial charge on any atom is 0.416 e. The van der Waals surface area contributed by atoms with E-state index in [2.05, 4.69) is 0 Å². The van der Waals surface area contributed by atoms with Crippen molar-refractivity contribution in [3.8, 4) is 11.5 Å². The molecule has 3 rings (SSSR count). The van der Waals surface area contributed by atoms with Crippen LogP contribution in [0.15, 0.2) is 42.5 Å². The monoisotopic (exact) mass is 340 g/mol. The van der Waals surface area contributed by atoms with Gasteiger partial charge < -0.3 is 9.53 Å². The predicted molar refractivity (Wildman–Crippen MR) is 79.9 cm³/mol. The van der Waals surface area contributed by atoms with Gasteiger partial charge in [-0.2, -0.15) is 13.2 Å². The van der Waals surface area contributed by atoms with Crippen molar-refractivity contribution in [3.05, 3.63) is 58.6 Å². The van der Waals surface area contributed by atoms with Gasteiger partial charge in [0.1, 0.15) is 17.8 Å². The number of alkyl halides is 3. The van der Waals surface area contributed by atoms with Crippen LogP contribution in [0.5, 0.6) is 11.5 Å². The molecule has 6 heteroatoms. The summed E-state index contributed by atoms with van der Waals surface area (Å²) in [6, 6.07) is 10.0. The average molecular weight is 341 g/mol. The lowest BCUT2D eigenvalue weighted by Crippen LogP contribution is -2.17. The second kappa shape index (κ2) is 5.57. The van der Waals surface area contributed by atoms with Gasteiger partial charge in [0.2, 0.25) is 0 Å². The van der Waals surface area contributed by atoms with Crippen LogP contribution in [-0.4, -0.2) is 6.29 Å². The van der Waals surface area contributed by atoms with E-state index in [0.29, 0.717) is 29.9 Å². The van der Waals surface area contributed by atoms with Crippen molar-refractivity contribution in [1.82, 2.24) is 0 Å². The minimum absolute atomic E-state index is 0.0171. The molecular formula is C17H12ClF3O2. The summed E-state index contributed by atoms with van der Waals surface area (Å²) in [7, 11) is 0. The Morgan fingerprint density at radius 2 is 1.65 bits per heavy atom. The van der Waals surface area contributed by atoms with E-state index in [-0.39, 0.29) is 11.3 Å². The number of ether oxygens (including phenoxy) is 1. The van der Waals surface area contributed by atoms with Gasteiger partial charge in [0.25, 0.3) is 0 Å². The van der Waals surface area contributed by atoms with Gasteiger partial charge in [0.05, 0.1) is 11.0 Å². The second-order valence-electron chi connectivity index (χ2n) is 5.54. The summed E-state index contributed by atoms with van der Waals surface area (Å²) in [4.78, 5) is 11.2. The van der Waals surface area contributed by atoms with Gasteiger partial charge in [0, 0.05) is 5.02 Å². The van der Waals surface area contributed by atoms with E-state index in [1.807, 2.05) is 0 Å². The fraction of sp³-hybridized carbons (Fsp3) is 0.235. The summed E-state index contributed by atoms with van der Waals surface area (Å²) >= 11 is 5.76. The number of carbonyl (C=O) groups excluding carboxylic acids is 1. The summed E-state index contributed by atoms with van der Waals surface area (Å²) in [5.74, 6) is 0.442. The number of hydrogen-bond acceptors (Lipinski definition) is 2. The van der Waals surface area contributed by atoms with Crippen LogP contribution in [0.25, 0.3) is 0 Å². The number of aldehydes is 1. The van der Waals surface area contributed by atoms with Crippen molar-refractivity contribution >= 4 is 17.9 Å². The highest BCUT2D eigenvalue weighted by Gasteiger charge is 2.49. The molecule has 120 valence electrons. The first-order valence-corrected chi connectivity index (χ1v) is 7.33. The Kier molecular flexibility index (Phi) is 3.84. The Labute approximate surface area is 135 Å². The maximum atomic E-state index is 13.3. The van der Waals surface area contributed by atoms with Crippen LogP contribution < -0.4 is 4.74 Å². The third-order valence-corrected chi connectivity index (χ3v) is 4.15. The predicted octanol–water partition coefficient (Wildman–Crippen LogP) is 5.38. The molecule has 0 N–H and O–H groups in total. The lowest BCUT2D eigenvalue weighted by atomic mass is 9.92. The van der Waals surface area contributed by atoms with Crippen molar-refractivity contribution in [3.63, 3.8) is 0 Å². The maximum absolute atomic E-state index is 13.3. The molecule has 0 unspecified atom stereocenters. The zero-order valence-electron chi connectivity index (χ0n) is 11.9. The summed E-state index contributed by atoms with van der Waals surface area (Å²) < 4.78 is 45.4. The van der Waals surface area contributed by atoms with Crippen molar-refractivity contribution in [2.45, 2.75) is 24.4 Å². The van der Waals surface area contributed by atoms with Crippen molar-refractivity contribution < 1.29 is 22.7 Å². The van der Waals surface area contributed by atoms with Crippen LogP contribution in [0, 0.1) is 0 Å². The molecule has 2 aromatic rings. The van der Waals surface area contributed by atoms with Crippen LogP contribution >= 0.6 is 11.6 Å². The zero-order chi connectivity index (χ0) is 16.7. The third-order valence-electron chi connectivity index (χ3n) is 3.90. The Hall–Kier alpha value is -2.01. The summed E-state index contributed by atoms with van der Waals surface area (Å²) in [5, 5.41) is 0.505. The Morgan fingerprint density at radius 3 is 2.17 bits per heavy atom. The topological polar surface area (TPSA) is 26.3 Å². The van der Waals surface area contributed by atoms with E-state index in [4.69, 9.17) is 16.3 Å². The Bertz CT molecular complexity index is 734. The highest BCUT2D eigenvalue weighted by Crippen LogP contribution is 2.51. The highest BCUT2D eigenvalue weighted by atomic mass is 35.5. The first-order chi connectivity index (χ1) is 10.8. The van der Waals surface area contributed by atoms with Gasteiger partial charge in [-0.25, -0.2) is 0 Å². The molecule has 0 saturated heterocycles. The normalized spacial score (nSPS) is 16.0. The minimum atomic E-state index is -4.55. The van der Waals surface area contributed by atoms with Crippen LogP contribution in [-0.2, 0) is 16.4 Å². The summed E-state index contributed by atoms with van der Waals surface area (Å²) in [5.41, 5.74) is -1.80. The lowest BCUT2D eigenvalue weighted by Gasteiger charge is -2.18. The van der Waals surface area contributed by atoms with E-state index >= 15 is 0 Å². The molecule has 0 heterocycles. The molecular weight excluding hydrogens is 329 g/mol. The van der Waals surface area contributed by atoms with Gasteiger partial charge >= 0.3 is 6.18 Å². The standard InChI is InChI=1S/C17H12ClF3O2/c18-11-1-3-12(4-2-11)23-13-5-6-14(16(10-22)7-8-16)15(9-13)17(19,20)21/h1-6,9-10H,7-8H2. The largest absolute Gasteiger partial charge is 0.457 e. The fourth-order valence-corrected chi connectivity index (χ4v) is 2.61. The van der Waals surface area contributed by atoms with E-state index < -0.39 is 17.2 Å². The fourth-order valence-electron chi connectivity index (χ4n) is 2.48. The molecule has 0 atom stereocenters. The van der Waals surface area contributed by atoms with E-state index in [0.717, 1.165) is 6.07 Å². The van der Waals surface area contributed by atoms with Gasteiger partial charge in [-0.05, 0) is 54.8 Å². The molecule has 1 aliphatic rings. The van der Waals surface area contributed by atoms with E-state index in [9.17, 15) is 18.0 Å². The summed E-state index contributed by atoms with van der Waals surface area (Å²) in [6.45, 7) is 0. The first-order valence-electron chi connectivity index (χ1n) is 6.96. The molecule has 0 amide bonds. The molecule has 0 bridgehead atoms. The Morgan fingerprint density at radius 1 is 1.04 bits per heavy atom. The van der Waals surface area contributed by atoms with Crippen molar-refractivity contribution in [2.75, 3.05) is 0 Å². The number of rotatable bonds is 4. The van der Waals surface area contributed by atoms with Crippen molar-refractivity contribution in [2.24, 2.45) is 0 Å². The number of hydrogen-bond donors (Lipinski definition) is 0. The van der Waals surface area contributed by atoms with Gasteiger partial charge in [-0.1, -0.05) is 17.7 Å². The van der Waals surface area contributed by atoms with E-state index in [1.165, 1.54) is 12.1 Å². The minimum Gasteiger partial charge on any atom is -0.457 e. The Balaban J connectivity index is 1.97. The molecule has 2 nitrogen and oxygen atoms in total. The first kappa shape index (κ1) is 15.9. The van der Waals surface area contributed by atoms with Gasteiger partial charge in [0.15, 0.2) is 0 Å². The molecule has 0 aromatic heterocycles. The molecule has 0 radical (unpaired) electrons. The van der Waals surface area contributed by atoms with E-state index in [1.54, 1.807) is 24.3 Å². The van der Waals surface area contributed by atoms with Crippen LogP contribution in [0.3, 0.4) is 0 Å². The second-order valence-corrected chi connectivity index (χ2v) is 5.97.